The Balaban J connectivity index is 1.55. The van der Waals surface area contributed by atoms with E-state index in [1.54, 1.807) is 0 Å². The molecule has 3 fully saturated rings. The molecule has 0 saturated heterocycles. The molecule has 198 valence electrons. The van der Waals surface area contributed by atoms with Gasteiger partial charge in [0.1, 0.15) is 11.9 Å². The van der Waals surface area contributed by atoms with Crippen LogP contribution in [0.5, 0.6) is 0 Å². The van der Waals surface area contributed by atoms with Crippen LogP contribution >= 0.6 is 0 Å². The first-order chi connectivity index (χ1) is 16.8. The zero-order chi connectivity index (χ0) is 26.3. The van der Waals surface area contributed by atoms with E-state index in [1.165, 1.54) is 0 Å². The highest BCUT2D eigenvalue weighted by Crippen LogP contribution is 2.51. The van der Waals surface area contributed by atoms with Gasteiger partial charge in [0.25, 0.3) is 0 Å². The van der Waals surface area contributed by atoms with E-state index in [2.05, 4.69) is 5.32 Å². The number of Topliss-reactive ketones (excluding diaryl/α,β-unsaturated/α-hetero) is 3. The summed E-state index contributed by atoms with van der Waals surface area (Å²) in [6.07, 6.45) is -1.66. The van der Waals surface area contributed by atoms with Crippen molar-refractivity contribution in [2.45, 2.75) is 69.6 Å². The number of rotatable bonds is 14. The lowest BCUT2D eigenvalue weighted by Gasteiger charge is -2.28. The number of hydrogen-bond donors (Lipinski definition) is 1. The predicted molar refractivity (Wildman–Crippen MR) is 122 cm³/mol. The zero-order valence-corrected chi connectivity index (χ0v) is 20.5. The van der Waals surface area contributed by atoms with E-state index in [0.29, 0.717) is 12.8 Å². The quantitative estimate of drug-likeness (QED) is 0.289. The second-order valence-corrected chi connectivity index (χ2v) is 12.7. The van der Waals surface area contributed by atoms with Crippen molar-refractivity contribution < 1.29 is 40.4 Å². The molecule has 0 radical (unpaired) electrons. The molecule has 1 N–H and O–H groups in total. The van der Waals surface area contributed by atoms with E-state index < -0.39 is 68.9 Å². The van der Waals surface area contributed by atoms with Gasteiger partial charge < -0.3 is 0 Å². The molecular formula is C25H29F4NO5S. The highest BCUT2D eigenvalue weighted by atomic mass is 32.2. The summed E-state index contributed by atoms with van der Waals surface area (Å²) in [5.41, 5.74) is -1.63. The predicted octanol–water partition coefficient (Wildman–Crippen LogP) is 3.89. The Morgan fingerprint density at radius 3 is 2.08 bits per heavy atom. The maximum atomic E-state index is 14.0. The molecule has 1 aromatic carbocycles. The van der Waals surface area contributed by atoms with Crippen molar-refractivity contribution in [2.75, 3.05) is 11.5 Å². The summed E-state index contributed by atoms with van der Waals surface area (Å²) in [6.45, 7) is 0. The second-order valence-electron chi connectivity index (χ2n) is 10.6. The van der Waals surface area contributed by atoms with Gasteiger partial charge in [0.05, 0.1) is 17.5 Å². The van der Waals surface area contributed by atoms with Crippen molar-refractivity contribution in [2.24, 2.45) is 17.3 Å². The fourth-order valence-electron chi connectivity index (χ4n) is 4.50. The lowest BCUT2D eigenvalue weighted by Crippen LogP contribution is -2.49. The minimum Gasteiger partial charge on any atom is -0.298 e. The molecular weight excluding hydrogens is 502 g/mol. The highest BCUT2D eigenvalue weighted by molar-refractivity contribution is 7.91. The molecule has 1 aromatic rings. The first-order valence-corrected chi connectivity index (χ1v) is 14.0. The van der Waals surface area contributed by atoms with Gasteiger partial charge >= 0.3 is 6.18 Å². The largest absolute Gasteiger partial charge is 0.407 e. The average molecular weight is 532 g/mol. The summed E-state index contributed by atoms with van der Waals surface area (Å²) in [4.78, 5) is 38.4. The van der Waals surface area contributed by atoms with Crippen molar-refractivity contribution in [3.63, 3.8) is 0 Å². The van der Waals surface area contributed by atoms with Gasteiger partial charge in [-0.2, -0.15) is 13.2 Å². The molecule has 0 bridgehead atoms. The molecule has 3 saturated carbocycles. The minimum absolute atomic E-state index is 0.0716. The van der Waals surface area contributed by atoms with Crippen LogP contribution in [0.1, 0.15) is 63.0 Å². The van der Waals surface area contributed by atoms with Gasteiger partial charge in [0, 0.05) is 18.3 Å². The summed E-state index contributed by atoms with van der Waals surface area (Å²) in [5.74, 6) is -3.84. The van der Waals surface area contributed by atoms with Crippen LogP contribution in [0.3, 0.4) is 0 Å². The molecule has 3 aliphatic rings. The van der Waals surface area contributed by atoms with Crippen LogP contribution in [0.15, 0.2) is 24.3 Å². The first-order valence-electron chi connectivity index (χ1n) is 12.2. The Hall–Kier alpha value is -2.14. The number of carbonyl (C=O) groups excluding carboxylic acids is 3. The van der Waals surface area contributed by atoms with E-state index in [1.807, 2.05) is 0 Å². The van der Waals surface area contributed by atoms with E-state index in [9.17, 15) is 40.4 Å². The highest BCUT2D eigenvalue weighted by Gasteiger charge is 2.54. The van der Waals surface area contributed by atoms with Crippen LogP contribution in [0.25, 0.3) is 0 Å². The third kappa shape index (κ3) is 7.00. The van der Waals surface area contributed by atoms with Crippen molar-refractivity contribution in [1.82, 2.24) is 5.32 Å². The normalized spacial score (nSPS) is 21.0. The van der Waals surface area contributed by atoms with Gasteiger partial charge in [0.2, 0.25) is 5.78 Å². The SMILES string of the molecule is O=C(CC1CC1)C(=O)C1(CC(=O)[C@H](CS(=O)(=O)CC2CC2)N[C@@H](c2ccc(F)cc2)C(F)(F)F)CC1. The topological polar surface area (TPSA) is 97.4 Å². The van der Waals surface area contributed by atoms with Crippen molar-refractivity contribution in [3.8, 4) is 0 Å². The summed E-state index contributed by atoms with van der Waals surface area (Å²) in [5, 5.41) is 2.17. The minimum atomic E-state index is -4.91. The van der Waals surface area contributed by atoms with E-state index in [0.717, 1.165) is 37.1 Å². The number of nitrogens with one attached hydrogen (secondary N) is 1. The maximum absolute atomic E-state index is 14.0. The monoisotopic (exact) mass is 531 g/mol. The van der Waals surface area contributed by atoms with Crippen LogP contribution < -0.4 is 5.32 Å². The molecule has 4 rings (SSSR count). The fraction of sp³-hybridized carbons (Fsp3) is 0.640. The van der Waals surface area contributed by atoms with Crippen LogP contribution in [0, 0.1) is 23.1 Å². The van der Waals surface area contributed by atoms with Gasteiger partial charge in [-0.3, -0.25) is 19.7 Å². The third-order valence-corrected chi connectivity index (χ3v) is 8.99. The summed E-state index contributed by atoms with van der Waals surface area (Å²) in [7, 11) is -3.88. The number of ketones is 3. The van der Waals surface area contributed by atoms with Gasteiger partial charge in [0.15, 0.2) is 21.4 Å². The van der Waals surface area contributed by atoms with E-state index in [-0.39, 0.29) is 42.4 Å². The van der Waals surface area contributed by atoms with Crippen molar-refractivity contribution >= 4 is 27.2 Å². The molecule has 6 nitrogen and oxygen atoms in total. The third-order valence-electron chi connectivity index (χ3n) is 7.17. The lowest BCUT2D eigenvalue weighted by atomic mass is 9.88. The average Bonchev–Trinajstić information content (AvgIpc) is 3.61. The molecule has 0 aliphatic heterocycles. The summed E-state index contributed by atoms with van der Waals surface area (Å²) in [6, 6.07) is -0.633. The Kier molecular flexibility index (Phi) is 7.45. The van der Waals surface area contributed by atoms with Gasteiger partial charge in [-0.15, -0.1) is 0 Å². The molecule has 0 unspecified atom stereocenters. The molecule has 3 aliphatic carbocycles. The first kappa shape index (κ1) is 26.9. The molecule has 36 heavy (non-hydrogen) atoms. The van der Waals surface area contributed by atoms with Gasteiger partial charge in [-0.25, -0.2) is 12.8 Å². The standard InChI is InChI=1S/C25H29F4NO5S/c26-18-7-5-17(6-8-18)22(25(27,28)29)30-19(14-36(34,35)13-16-3-4-16)21(32)12-24(9-10-24)23(33)20(31)11-15-1-2-15/h5-8,15-16,19,22,30H,1-4,9-14H2/t19-,22-/m0/s1. The number of alkyl halides is 3. The molecule has 0 aromatic heterocycles. The second kappa shape index (κ2) is 9.96. The van der Waals surface area contributed by atoms with Crippen LogP contribution in [0.2, 0.25) is 0 Å². The Bertz CT molecular complexity index is 1120. The van der Waals surface area contributed by atoms with Crippen molar-refractivity contribution in [1.29, 1.82) is 0 Å². The summed E-state index contributed by atoms with van der Waals surface area (Å²) >= 11 is 0. The fourth-order valence-corrected chi connectivity index (χ4v) is 6.48. The molecule has 0 spiro atoms. The number of halogens is 4. The zero-order valence-electron chi connectivity index (χ0n) is 19.7. The number of sulfone groups is 1. The Morgan fingerprint density at radius 1 is 1.00 bits per heavy atom. The van der Waals surface area contributed by atoms with E-state index in [4.69, 9.17) is 0 Å². The van der Waals surface area contributed by atoms with Crippen LogP contribution in [-0.4, -0.2) is 49.5 Å². The number of benzene rings is 1. The summed E-state index contributed by atoms with van der Waals surface area (Å²) < 4.78 is 80.7. The number of hydrogen-bond acceptors (Lipinski definition) is 6. The van der Waals surface area contributed by atoms with Gasteiger partial charge in [-0.05, 0) is 68.1 Å². The molecule has 0 heterocycles. The molecule has 0 amide bonds. The van der Waals surface area contributed by atoms with Gasteiger partial charge in [-0.1, -0.05) is 12.1 Å². The smallest absolute Gasteiger partial charge is 0.298 e. The van der Waals surface area contributed by atoms with Crippen LogP contribution in [0.4, 0.5) is 17.6 Å². The molecule has 11 heteroatoms. The maximum Gasteiger partial charge on any atom is 0.407 e. The van der Waals surface area contributed by atoms with E-state index >= 15 is 0 Å². The molecule has 2 atom stereocenters. The lowest BCUT2D eigenvalue weighted by molar-refractivity contribution is -0.160. The Labute approximate surface area is 207 Å². The number of carbonyl (C=O) groups is 3. The Morgan fingerprint density at radius 2 is 1.58 bits per heavy atom. The van der Waals surface area contributed by atoms with Crippen LogP contribution in [-0.2, 0) is 24.2 Å². The van der Waals surface area contributed by atoms with Crippen molar-refractivity contribution in [3.05, 3.63) is 35.6 Å².